The van der Waals surface area contributed by atoms with Crippen LogP contribution in [0.4, 0.5) is 13.2 Å². The number of hydrogen-bond acceptors (Lipinski definition) is 7. The van der Waals surface area contributed by atoms with Gasteiger partial charge in [0.25, 0.3) is 0 Å². The zero-order chi connectivity index (χ0) is 31.1. The number of carboxylic acid groups (broad SMARTS) is 1. The molecule has 1 N–H and O–H groups in total. The maximum atomic E-state index is 14.3. The van der Waals surface area contributed by atoms with E-state index in [1.807, 2.05) is 26.0 Å². The second kappa shape index (κ2) is 12.0. The lowest BCUT2D eigenvalue weighted by Gasteiger charge is -2.22. The number of aryl methyl sites for hydroxylation is 2. The van der Waals surface area contributed by atoms with E-state index in [1.165, 1.54) is 24.1 Å². The predicted molar refractivity (Wildman–Crippen MR) is 158 cm³/mol. The normalized spacial score (nSPS) is 17.9. The topological polar surface area (TPSA) is 103 Å². The van der Waals surface area contributed by atoms with E-state index in [9.17, 15) is 31.5 Å². The molecule has 0 bridgehead atoms. The largest absolute Gasteiger partial charge is 0.494 e. The third kappa shape index (κ3) is 6.95. The van der Waals surface area contributed by atoms with E-state index in [1.54, 1.807) is 12.3 Å². The minimum Gasteiger partial charge on any atom is -0.494 e. The molecule has 1 aliphatic carbocycles. The van der Waals surface area contributed by atoms with E-state index in [-0.39, 0.29) is 36.1 Å². The van der Waals surface area contributed by atoms with Crippen molar-refractivity contribution < 1.29 is 41.0 Å². The Labute approximate surface area is 252 Å². The van der Waals surface area contributed by atoms with Crippen molar-refractivity contribution in [1.29, 1.82) is 0 Å². The fourth-order valence-electron chi connectivity index (χ4n) is 6.00. The van der Waals surface area contributed by atoms with Crippen molar-refractivity contribution in [3.05, 3.63) is 69.9 Å². The van der Waals surface area contributed by atoms with Crippen LogP contribution in [0.2, 0.25) is 0 Å². The van der Waals surface area contributed by atoms with Crippen LogP contribution in [0.25, 0.3) is 11.1 Å². The van der Waals surface area contributed by atoms with Gasteiger partial charge in [0.1, 0.15) is 21.7 Å². The third-order valence-corrected chi connectivity index (χ3v) is 10.0. The molecule has 3 aromatic rings. The Bertz CT molecular complexity index is 1650. The number of rotatable bonds is 10. The molecule has 0 fully saturated rings. The third-order valence-electron chi connectivity index (χ3n) is 7.78. The van der Waals surface area contributed by atoms with Crippen molar-refractivity contribution in [1.82, 2.24) is 4.98 Å². The van der Waals surface area contributed by atoms with Gasteiger partial charge in [-0.25, -0.2) is 13.4 Å². The standard InChI is InChI=1S/C31H32F3NO6S2/c1-17-11-20(40-9-4-10-43(3,38)39)12-18(2)29(17)21-5-7-24(31(32,33)34)30-22(21)6-8-25(30)41-27-14-26-23(15-35-27)19(16-42-26)13-28(36)37/h5,7,11-12,14-15,19,25H,4,6,8-10,13,16H2,1-3H3,(H,36,37). The number of carboxylic acids is 1. The molecule has 1 aliphatic heterocycles. The molecule has 230 valence electrons. The molecule has 12 heteroatoms. The highest BCUT2D eigenvalue weighted by Gasteiger charge is 2.41. The van der Waals surface area contributed by atoms with Gasteiger partial charge in [-0.05, 0) is 84.7 Å². The van der Waals surface area contributed by atoms with Crippen LogP contribution in [0, 0.1) is 13.8 Å². The lowest BCUT2D eigenvalue weighted by molar-refractivity contribution is -0.139. The maximum absolute atomic E-state index is 14.3. The van der Waals surface area contributed by atoms with Gasteiger partial charge in [-0.15, -0.1) is 11.8 Å². The van der Waals surface area contributed by atoms with Gasteiger partial charge < -0.3 is 14.6 Å². The number of pyridine rings is 1. The molecule has 0 radical (unpaired) electrons. The fourth-order valence-corrected chi connectivity index (χ4v) is 7.89. The lowest BCUT2D eigenvalue weighted by atomic mass is 9.88. The number of fused-ring (bicyclic) bond motifs is 2. The molecule has 5 rings (SSSR count). The number of aliphatic carboxylic acids is 1. The number of alkyl halides is 3. The van der Waals surface area contributed by atoms with Gasteiger partial charge in [0.05, 0.1) is 24.3 Å². The summed E-state index contributed by atoms with van der Waals surface area (Å²) < 4.78 is 77.5. The molecule has 0 amide bonds. The number of aromatic nitrogens is 1. The van der Waals surface area contributed by atoms with Crippen LogP contribution >= 0.6 is 11.8 Å². The Morgan fingerprint density at radius 1 is 1.16 bits per heavy atom. The number of sulfone groups is 1. The number of nitrogens with zero attached hydrogens (tertiary/aromatic N) is 1. The van der Waals surface area contributed by atoms with Gasteiger partial charge in [-0.2, -0.15) is 13.2 Å². The van der Waals surface area contributed by atoms with Crippen LogP contribution in [0.1, 0.15) is 64.7 Å². The molecule has 0 spiro atoms. The smallest absolute Gasteiger partial charge is 0.416 e. The zero-order valence-electron chi connectivity index (χ0n) is 24.0. The SMILES string of the molecule is Cc1cc(OCCCS(C)(=O)=O)cc(C)c1-c1ccc(C(F)(F)F)c2c1CCC2Oc1cc2c(cn1)C(CC(=O)O)CS2. The van der Waals surface area contributed by atoms with Crippen LogP contribution in [-0.2, 0) is 27.2 Å². The predicted octanol–water partition coefficient (Wildman–Crippen LogP) is 6.93. The molecule has 0 saturated carbocycles. The summed E-state index contributed by atoms with van der Waals surface area (Å²) in [5.74, 6) is 0.348. The van der Waals surface area contributed by atoms with Crippen LogP contribution in [-0.4, -0.2) is 48.8 Å². The summed E-state index contributed by atoms with van der Waals surface area (Å²) >= 11 is 1.49. The van der Waals surface area contributed by atoms with Crippen molar-refractivity contribution in [2.24, 2.45) is 0 Å². The van der Waals surface area contributed by atoms with Crippen molar-refractivity contribution in [2.75, 3.05) is 24.4 Å². The maximum Gasteiger partial charge on any atom is 0.416 e. The number of thioether (sulfide) groups is 1. The highest BCUT2D eigenvalue weighted by Crippen LogP contribution is 2.49. The van der Waals surface area contributed by atoms with Crippen LogP contribution < -0.4 is 9.47 Å². The molecule has 2 aromatic carbocycles. The summed E-state index contributed by atoms with van der Waals surface area (Å²) in [4.78, 5) is 16.4. The Balaban J connectivity index is 1.44. The van der Waals surface area contributed by atoms with E-state index in [0.29, 0.717) is 41.9 Å². The number of carbonyl (C=O) groups is 1. The molecular weight excluding hydrogens is 603 g/mol. The van der Waals surface area contributed by atoms with Crippen molar-refractivity contribution in [3.8, 4) is 22.8 Å². The van der Waals surface area contributed by atoms with Gasteiger partial charge in [0, 0.05) is 40.6 Å². The second-order valence-electron chi connectivity index (χ2n) is 11.1. The molecule has 43 heavy (non-hydrogen) atoms. The summed E-state index contributed by atoms with van der Waals surface area (Å²) in [5.41, 5.74) is 3.99. The lowest BCUT2D eigenvalue weighted by Crippen LogP contribution is -2.15. The number of ether oxygens (including phenoxy) is 2. The van der Waals surface area contributed by atoms with Gasteiger partial charge in [0.2, 0.25) is 5.88 Å². The first kappa shape index (κ1) is 31.2. The van der Waals surface area contributed by atoms with Crippen molar-refractivity contribution >= 4 is 27.6 Å². The molecule has 2 heterocycles. The first-order valence-corrected chi connectivity index (χ1v) is 16.9. The first-order valence-electron chi connectivity index (χ1n) is 13.9. The molecule has 7 nitrogen and oxygen atoms in total. The van der Waals surface area contributed by atoms with Gasteiger partial charge in [-0.1, -0.05) is 6.07 Å². The van der Waals surface area contributed by atoms with Crippen molar-refractivity contribution in [3.63, 3.8) is 0 Å². The summed E-state index contributed by atoms with van der Waals surface area (Å²) in [6, 6.07) is 7.98. The Morgan fingerprint density at radius 3 is 2.53 bits per heavy atom. The van der Waals surface area contributed by atoms with E-state index < -0.39 is 33.7 Å². The average molecular weight is 636 g/mol. The Morgan fingerprint density at radius 2 is 1.88 bits per heavy atom. The summed E-state index contributed by atoms with van der Waals surface area (Å²) in [7, 11) is -3.09. The summed E-state index contributed by atoms with van der Waals surface area (Å²) in [5, 5.41) is 9.18. The molecule has 2 unspecified atom stereocenters. The number of hydrogen-bond donors (Lipinski definition) is 1. The van der Waals surface area contributed by atoms with Gasteiger partial charge >= 0.3 is 12.1 Å². The van der Waals surface area contributed by atoms with Crippen LogP contribution in [0.5, 0.6) is 11.6 Å². The van der Waals surface area contributed by atoms with Crippen molar-refractivity contribution in [2.45, 2.75) is 62.6 Å². The summed E-state index contributed by atoms with van der Waals surface area (Å²) in [6.07, 6.45) is -1.59. The van der Waals surface area contributed by atoms with Crippen LogP contribution in [0.15, 0.2) is 41.4 Å². The Hall–Kier alpha value is -3.25. The minimum absolute atomic E-state index is 0.00920. The molecular formula is C31H32F3NO6S2. The van der Waals surface area contributed by atoms with Crippen LogP contribution in [0.3, 0.4) is 0 Å². The monoisotopic (exact) mass is 635 g/mol. The number of halogens is 3. The highest BCUT2D eigenvalue weighted by molar-refractivity contribution is 7.99. The van der Waals surface area contributed by atoms with E-state index >= 15 is 0 Å². The molecule has 2 aliphatic rings. The second-order valence-corrected chi connectivity index (χ2v) is 14.4. The zero-order valence-corrected chi connectivity index (χ0v) is 25.6. The quantitative estimate of drug-likeness (QED) is 0.240. The molecule has 1 aromatic heterocycles. The Kier molecular flexibility index (Phi) is 8.72. The average Bonchev–Trinajstić information content (AvgIpc) is 3.49. The van der Waals surface area contributed by atoms with E-state index in [2.05, 4.69) is 4.98 Å². The van der Waals surface area contributed by atoms with E-state index in [0.717, 1.165) is 33.2 Å². The first-order chi connectivity index (χ1) is 20.2. The highest BCUT2D eigenvalue weighted by atomic mass is 32.2. The van der Waals surface area contributed by atoms with Gasteiger partial charge in [-0.3, -0.25) is 4.79 Å². The van der Waals surface area contributed by atoms with Gasteiger partial charge in [0.15, 0.2) is 0 Å². The fraction of sp³-hybridized carbons (Fsp3) is 0.419. The number of benzene rings is 2. The minimum atomic E-state index is -4.58. The molecule has 2 atom stereocenters. The summed E-state index contributed by atoms with van der Waals surface area (Å²) in [6.45, 7) is 3.99. The van der Waals surface area contributed by atoms with E-state index in [4.69, 9.17) is 9.47 Å². The molecule has 0 saturated heterocycles.